The lowest BCUT2D eigenvalue weighted by Crippen LogP contribution is -2.38. The van der Waals surface area contributed by atoms with Crippen molar-refractivity contribution in [3.05, 3.63) is 34.9 Å². The summed E-state index contributed by atoms with van der Waals surface area (Å²) in [5.41, 5.74) is 0.552. The van der Waals surface area contributed by atoms with Crippen molar-refractivity contribution in [1.82, 2.24) is 5.32 Å². The molecule has 0 bridgehead atoms. The van der Waals surface area contributed by atoms with Gasteiger partial charge in [-0.1, -0.05) is 25.4 Å². The molecule has 0 radical (unpaired) electrons. The van der Waals surface area contributed by atoms with Gasteiger partial charge in [0.1, 0.15) is 0 Å². The number of aliphatic hydroxyl groups is 1. The molecule has 0 aliphatic carbocycles. The van der Waals surface area contributed by atoms with Crippen LogP contribution in [0.4, 0.5) is 0 Å². The minimum atomic E-state index is -0.196. The zero-order valence-corrected chi connectivity index (χ0v) is 10.9. The number of rotatable bonds is 5. The summed E-state index contributed by atoms with van der Waals surface area (Å²) < 4.78 is 0. The van der Waals surface area contributed by atoms with Crippen LogP contribution in [-0.4, -0.2) is 23.7 Å². The van der Waals surface area contributed by atoms with Crippen molar-refractivity contribution in [2.24, 2.45) is 5.92 Å². The van der Waals surface area contributed by atoms with Crippen molar-refractivity contribution in [1.29, 1.82) is 0 Å². The second kappa shape index (κ2) is 6.62. The van der Waals surface area contributed by atoms with Gasteiger partial charge in [0.2, 0.25) is 0 Å². The van der Waals surface area contributed by atoms with Crippen LogP contribution in [0.5, 0.6) is 0 Å². The third-order valence-corrected chi connectivity index (χ3v) is 2.67. The van der Waals surface area contributed by atoms with Gasteiger partial charge < -0.3 is 10.4 Å². The number of aliphatic hydroxyl groups excluding tert-OH is 1. The molecule has 4 heteroatoms. The molecule has 0 saturated heterocycles. The highest BCUT2D eigenvalue weighted by atomic mass is 35.5. The molecule has 1 atom stereocenters. The Morgan fingerprint density at radius 2 is 1.94 bits per heavy atom. The van der Waals surface area contributed by atoms with Gasteiger partial charge in [-0.15, -0.1) is 0 Å². The smallest absolute Gasteiger partial charge is 0.251 e. The first-order valence-corrected chi connectivity index (χ1v) is 6.08. The van der Waals surface area contributed by atoms with Crippen LogP contribution in [0.15, 0.2) is 24.3 Å². The van der Waals surface area contributed by atoms with Crippen LogP contribution >= 0.6 is 11.6 Å². The van der Waals surface area contributed by atoms with E-state index < -0.39 is 0 Å². The number of benzene rings is 1. The summed E-state index contributed by atoms with van der Waals surface area (Å²) in [7, 11) is 0. The largest absolute Gasteiger partial charge is 0.394 e. The molecule has 17 heavy (non-hydrogen) atoms. The van der Waals surface area contributed by atoms with Gasteiger partial charge in [-0.25, -0.2) is 0 Å². The van der Waals surface area contributed by atoms with Crippen molar-refractivity contribution in [3.63, 3.8) is 0 Å². The van der Waals surface area contributed by atoms with Crippen LogP contribution in [0.2, 0.25) is 5.02 Å². The minimum Gasteiger partial charge on any atom is -0.394 e. The van der Waals surface area contributed by atoms with Crippen LogP contribution in [0.3, 0.4) is 0 Å². The fourth-order valence-corrected chi connectivity index (χ4v) is 1.74. The summed E-state index contributed by atoms with van der Waals surface area (Å²) in [5.74, 6) is 0.249. The molecule has 0 fully saturated rings. The SMILES string of the molecule is CC(C)CC(CO)NC(=O)c1ccc(Cl)cc1. The van der Waals surface area contributed by atoms with Gasteiger partial charge in [0.05, 0.1) is 12.6 Å². The highest BCUT2D eigenvalue weighted by Crippen LogP contribution is 2.10. The molecule has 0 saturated carbocycles. The predicted octanol–water partition coefficient (Wildman–Crippen LogP) is 2.48. The lowest BCUT2D eigenvalue weighted by molar-refractivity contribution is 0.0908. The van der Waals surface area contributed by atoms with Gasteiger partial charge in [-0.05, 0) is 36.6 Å². The molecule has 3 nitrogen and oxygen atoms in total. The zero-order valence-electron chi connectivity index (χ0n) is 10.1. The average molecular weight is 256 g/mol. The van der Waals surface area contributed by atoms with E-state index in [9.17, 15) is 9.90 Å². The lowest BCUT2D eigenvalue weighted by Gasteiger charge is -2.18. The molecule has 94 valence electrons. The molecular formula is C13H18ClNO2. The molecule has 1 rings (SSSR count). The summed E-state index contributed by atoms with van der Waals surface area (Å²) in [5, 5.41) is 12.6. The van der Waals surface area contributed by atoms with E-state index in [1.165, 1.54) is 0 Å². The standard InChI is InChI=1S/C13H18ClNO2/c1-9(2)7-12(8-16)15-13(17)10-3-5-11(14)6-4-10/h3-6,9,12,16H,7-8H2,1-2H3,(H,15,17). The molecule has 0 heterocycles. The van der Waals surface area contributed by atoms with E-state index in [4.69, 9.17) is 11.6 Å². The molecule has 0 spiro atoms. The Hall–Kier alpha value is -1.06. The summed E-state index contributed by atoms with van der Waals surface area (Å²) >= 11 is 5.75. The Bertz CT molecular complexity index is 362. The summed E-state index contributed by atoms with van der Waals surface area (Å²) in [6.07, 6.45) is 0.760. The predicted molar refractivity (Wildman–Crippen MR) is 69.2 cm³/mol. The van der Waals surface area contributed by atoms with Gasteiger partial charge in [0.15, 0.2) is 0 Å². The Morgan fingerprint density at radius 3 is 2.41 bits per heavy atom. The second-order valence-electron chi connectivity index (χ2n) is 4.49. The van der Waals surface area contributed by atoms with E-state index in [0.717, 1.165) is 6.42 Å². The van der Waals surface area contributed by atoms with E-state index in [1.807, 2.05) is 0 Å². The summed E-state index contributed by atoms with van der Waals surface area (Å²) in [6, 6.07) is 6.49. The van der Waals surface area contributed by atoms with Crippen molar-refractivity contribution >= 4 is 17.5 Å². The lowest BCUT2D eigenvalue weighted by atomic mass is 10.0. The molecule has 2 N–H and O–H groups in total. The summed E-state index contributed by atoms with van der Waals surface area (Å²) in [4.78, 5) is 11.8. The fourth-order valence-electron chi connectivity index (χ4n) is 1.62. The molecular weight excluding hydrogens is 238 g/mol. The Kier molecular flexibility index (Phi) is 5.45. The number of nitrogens with one attached hydrogen (secondary N) is 1. The highest BCUT2D eigenvalue weighted by molar-refractivity contribution is 6.30. The molecule has 1 aromatic carbocycles. The Balaban J connectivity index is 2.61. The van der Waals surface area contributed by atoms with Crippen LogP contribution in [0, 0.1) is 5.92 Å². The van der Waals surface area contributed by atoms with E-state index in [0.29, 0.717) is 16.5 Å². The van der Waals surface area contributed by atoms with E-state index in [2.05, 4.69) is 19.2 Å². The minimum absolute atomic E-state index is 0.0441. The molecule has 1 aromatic rings. The van der Waals surface area contributed by atoms with Gasteiger partial charge >= 0.3 is 0 Å². The monoisotopic (exact) mass is 255 g/mol. The summed E-state index contributed by atoms with van der Waals surface area (Å²) in [6.45, 7) is 4.06. The van der Waals surface area contributed by atoms with E-state index >= 15 is 0 Å². The van der Waals surface area contributed by atoms with Crippen molar-refractivity contribution < 1.29 is 9.90 Å². The quantitative estimate of drug-likeness (QED) is 0.849. The van der Waals surface area contributed by atoms with Crippen LogP contribution in [0.1, 0.15) is 30.6 Å². The Labute approximate surface area is 107 Å². The molecule has 0 aliphatic heterocycles. The van der Waals surface area contributed by atoms with Crippen molar-refractivity contribution in [2.75, 3.05) is 6.61 Å². The first-order valence-electron chi connectivity index (χ1n) is 5.70. The Morgan fingerprint density at radius 1 is 1.35 bits per heavy atom. The normalized spacial score (nSPS) is 12.5. The van der Waals surface area contributed by atoms with E-state index in [1.54, 1.807) is 24.3 Å². The maximum Gasteiger partial charge on any atom is 0.251 e. The number of carbonyl (C=O) groups excluding carboxylic acids is 1. The molecule has 0 aromatic heterocycles. The first-order chi connectivity index (χ1) is 8.02. The fraction of sp³-hybridized carbons (Fsp3) is 0.462. The van der Waals surface area contributed by atoms with E-state index in [-0.39, 0.29) is 18.6 Å². The number of halogens is 1. The van der Waals surface area contributed by atoms with Gasteiger partial charge in [0.25, 0.3) is 5.91 Å². The van der Waals surface area contributed by atoms with Gasteiger partial charge in [-0.3, -0.25) is 4.79 Å². The number of hydrogen-bond donors (Lipinski definition) is 2. The number of hydrogen-bond acceptors (Lipinski definition) is 2. The van der Waals surface area contributed by atoms with Gasteiger partial charge in [0, 0.05) is 10.6 Å². The molecule has 0 aliphatic rings. The van der Waals surface area contributed by atoms with Crippen molar-refractivity contribution in [3.8, 4) is 0 Å². The first kappa shape index (κ1) is 14.0. The molecule has 1 unspecified atom stereocenters. The maximum absolute atomic E-state index is 11.8. The molecule has 1 amide bonds. The zero-order chi connectivity index (χ0) is 12.8. The highest BCUT2D eigenvalue weighted by Gasteiger charge is 2.14. The average Bonchev–Trinajstić information content (AvgIpc) is 2.28. The van der Waals surface area contributed by atoms with Crippen LogP contribution in [0.25, 0.3) is 0 Å². The van der Waals surface area contributed by atoms with Crippen molar-refractivity contribution in [2.45, 2.75) is 26.3 Å². The third-order valence-electron chi connectivity index (χ3n) is 2.42. The maximum atomic E-state index is 11.8. The van der Waals surface area contributed by atoms with Gasteiger partial charge in [-0.2, -0.15) is 0 Å². The number of amides is 1. The third kappa shape index (κ3) is 4.75. The second-order valence-corrected chi connectivity index (χ2v) is 4.93. The van der Waals surface area contributed by atoms with Crippen LogP contribution < -0.4 is 5.32 Å². The number of carbonyl (C=O) groups is 1. The van der Waals surface area contributed by atoms with Crippen LogP contribution in [-0.2, 0) is 0 Å². The topological polar surface area (TPSA) is 49.3 Å².